The number of aliphatic hydroxyl groups is 1. The molecule has 1 unspecified atom stereocenters. The van der Waals surface area contributed by atoms with Crippen LogP contribution in [-0.4, -0.2) is 21.8 Å². The van der Waals surface area contributed by atoms with Gasteiger partial charge in [0.2, 0.25) is 0 Å². The SMILES string of the molecule is CCCCCCCCC(C)(O)CCCCCCCCC(=O)O. The second-order valence-corrected chi connectivity index (χ2v) is 7.03. The highest BCUT2D eigenvalue weighted by atomic mass is 16.4. The van der Waals surface area contributed by atoms with Gasteiger partial charge in [0, 0.05) is 6.42 Å². The first-order valence-electron chi connectivity index (χ1n) is 9.42. The van der Waals surface area contributed by atoms with E-state index >= 15 is 0 Å². The number of unbranched alkanes of at least 4 members (excludes halogenated alkanes) is 10. The van der Waals surface area contributed by atoms with Crippen LogP contribution in [0.3, 0.4) is 0 Å². The summed E-state index contributed by atoms with van der Waals surface area (Å²) in [6.45, 7) is 4.21. The molecule has 3 heteroatoms. The fourth-order valence-corrected chi connectivity index (χ4v) is 2.90. The molecule has 0 aliphatic rings. The van der Waals surface area contributed by atoms with Crippen molar-refractivity contribution in [3.05, 3.63) is 0 Å². The zero-order valence-corrected chi connectivity index (χ0v) is 14.9. The molecule has 3 nitrogen and oxygen atoms in total. The Kier molecular flexibility index (Phi) is 13.7. The number of hydrogen-bond donors (Lipinski definition) is 2. The summed E-state index contributed by atoms with van der Waals surface area (Å²) in [4.78, 5) is 10.4. The molecule has 0 saturated heterocycles. The van der Waals surface area contributed by atoms with Gasteiger partial charge in [-0.25, -0.2) is 0 Å². The Morgan fingerprint density at radius 3 is 1.64 bits per heavy atom. The van der Waals surface area contributed by atoms with Crippen molar-refractivity contribution >= 4 is 5.97 Å². The van der Waals surface area contributed by atoms with Gasteiger partial charge in [-0.05, 0) is 26.2 Å². The highest BCUT2D eigenvalue weighted by Gasteiger charge is 2.18. The van der Waals surface area contributed by atoms with Gasteiger partial charge in [0.05, 0.1) is 5.60 Å². The third kappa shape index (κ3) is 15.8. The summed E-state index contributed by atoms with van der Waals surface area (Å²) in [5.41, 5.74) is -0.492. The smallest absolute Gasteiger partial charge is 0.303 e. The summed E-state index contributed by atoms with van der Waals surface area (Å²) in [6.07, 6.45) is 16.1. The van der Waals surface area contributed by atoms with Gasteiger partial charge >= 0.3 is 5.97 Å². The van der Waals surface area contributed by atoms with Gasteiger partial charge in [-0.15, -0.1) is 0 Å². The second-order valence-electron chi connectivity index (χ2n) is 7.03. The molecule has 0 saturated carbocycles. The molecule has 0 aromatic heterocycles. The molecule has 0 bridgehead atoms. The van der Waals surface area contributed by atoms with Gasteiger partial charge in [-0.3, -0.25) is 4.79 Å². The molecule has 0 heterocycles. The molecule has 0 aromatic rings. The molecule has 0 aromatic carbocycles. The van der Waals surface area contributed by atoms with Gasteiger partial charge in [0.15, 0.2) is 0 Å². The predicted molar refractivity (Wildman–Crippen MR) is 93.2 cm³/mol. The van der Waals surface area contributed by atoms with Crippen LogP contribution in [0.4, 0.5) is 0 Å². The maximum absolute atomic E-state index is 10.4. The first-order chi connectivity index (χ1) is 10.5. The number of carboxylic acids is 1. The van der Waals surface area contributed by atoms with Crippen molar-refractivity contribution in [3.63, 3.8) is 0 Å². The Balaban J connectivity index is 3.38. The lowest BCUT2D eigenvalue weighted by Crippen LogP contribution is -2.23. The van der Waals surface area contributed by atoms with Crippen LogP contribution in [0.5, 0.6) is 0 Å². The minimum atomic E-state index is -0.689. The molecule has 0 fully saturated rings. The highest BCUT2D eigenvalue weighted by Crippen LogP contribution is 2.22. The monoisotopic (exact) mass is 314 g/mol. The van der Waals surface area contributed by atoms with E-state index in [0.29, 0.717) is 6.42 Å². The lowest BCUT2D eigenvalue weighted by atomic mass is 9.91. The van der Waals surface area contributed by atoms with Crippen LogP contribution in [0.15, 0.2) is 0 Å². The zero-order valence-electron chi connectivity index (χ0n) is 14.9. The summed E-state index contributed by atoms with van der Waals surface area (Å²) in [6, 6.07) is 0. The van der Waals surface area contributed by atoms with E-state index in [2.05, 4.69) is 6.92 Å². The highest BCUT2D eigenvalue weighted by molar-refractivity contribution is 5.66. The topological polar surface area (TPSA) is 57.5 Å². The fourth-order valence-electron chi connectivity index (χ4n) is 2.90. The Morgan fingerprint density at radius 2 is 1.18 bits per heavy atom. The number of aliphatic carboxylic acids is 1. The molecule has 0 amide bonds. The van der Waals surface area contributed by atoms with Gasteiger partial charge in [0.1, 0.15) is 0 Å². The molecule has 132 valence electrons. The van der Waals surface area contributed by atoms with Crippen LogP contribution in [-0.2, 0) is 4.79 Å². The zero-order chi connectivity index (χ0) is 16.7. The van der Waals surface area contributed by atoms with Gasteiger partial charge in [0.25, 0.3) is 0 Å². The maximum atomic E-state index is 10.4. The summed E-state index contributed by atoms with van der Waals surface area (Å²) in [7, 11) is 0. The molecule has 2 N–H and O–H groups in total. The van der Waals surface area contributed by atoms with E-state index in [-0.39, 0.29) is 0 Å². The summed E-state index contributed by atoms with van der Waals surface area (Å²) >= 11 is 0. The Labute approximate surface area is 137 Å². The molecule has 0 rings (SSSR count). The predicted octanol–water partition coefficient (Wildman–Crippen LogP) is 5.69. The number of carbonyl (C=O) groups is 1. The third-order valence-electron chi connectivity index (χ3n) is 4.42. The van der Waals surface area contributed by atoms with E-state index in [1.807, 2.05) is 6.92 Å². The summed E-state index contributed by atoms with van der Waals surface area (Å²) < 4.78 is 0. The van der Waals surface area contributed by atoms with Gasteiger partial charge in [-0.2, -0.15) is 0 Å². The van der Waals surface area contributed by atoms with Crippen LogP contribution in [0, 0.1) is 0 Å². The van der Waals surface area contributed by atoms with Gasteiger partial charge < -0.3 is 10.2 Å². The van der Waals surface area contributed by atoms with E-state index in [9.17, 15) is 9.90 Å². The van der Waals surface area contributed by atoms with Crippen molar-refractivity contribution in [2.75, 3.05) is 0 Å². The Bertz CT molecular complexity index is 261. The minimum Gasteiger partial charge on any atom is -0.481 e. The first-order valence-corrected chi connectivity index (χ1v) is 9.42. The van der Waals surface area contributed by atoms with Crippen LogP contribution in [0.2, 0.25) is 0 Å². The van der Waals surface area contributed by atoms with Crippen molar-refractivity contribution in [3.8, 4) is 0 Å². The largest absolute Gasteiger partial charge is 0.481 e. The van der Waals surface area contributed by atoms with Crippen LogP contribution in [0.1, 0.15) is 110 Å². The maximum Gasteiger partial charge on any atom is 0.303 e. The number of rotatable bonds is 16. The Hall–Kier alpha value is -0.570. The Morgan fingerprint density at radius 1 is 0.773 bits per heavy atom. The van der Waals surface area contributed by atoms with Crippen molar-refractivity contribution in [2.45, 2.75) is 116 Å². The summed E-state index contributed by atoms with van der Waals surface area (Å²) in [5.74, 6) is -0.689. The van der Waals surface area contributed by atoms with E-state index < -0.39 is 11.6 Å². The average molecular weight is 315 g/mol. The van der Waals surface area contributed by atoms with Crippen LogP contribution in [0.25, 0.3) is 0 Å². The molecule has 22 heavy (non-hydrogen) atoms. The summed E-state index contributed by atoms with van der Waals surface area (Å²) in [5, 5.41) is 18.9. The fraction of sp³-hybridized carbons (Fsp3) is 0.947. The molecular weight excluding hydrogens is 276 g/mol. The van der Waals surface area contributed by atoms with Gasteiger partial charge in [-0.1, -0.05) is 77.6 Å². The molecule has 0 aliphatic carbocycles. The number of carboxylic acid groups (broad SMARTS) is 1. The quantitative estimate of drug-likeness (QED) is 0.360. The third-order valence-corrected chi connectivity index (χ3v) is 4.42. The molecular formula is C19H38O3. The lowest BCUT2D eigenvalue weighted by Gasteiger charge is -2.23. The average Bonchev–Trinajstić information content (AvgIpc) is 2.45. The standard InChI is InChI=1S/C19H38O3/c1-3-4-5-6-10-13-16-19(2,22)17-14-11-8-7-9-12-15-18(20)21/h22H,3-17H2,1-2H3,(H,20,21). The number of hydrogen-bond acceptors (Lipinski definition) is 2. The molecule has 0 aliphatic heterocycles. The molecule has 0 radical (unpaired) electrons. The van der Waals surface area contributed by atoms with E-state index in [1.54, 1.807) is 0 Å². The molecule has 1 atom stereocenters. The normalized spacial score (nSPS) is 14.0. The van der Waals surface area contributed by atoms with Crippen molar-refractivity contribution in [1.82, 2.24) is 0 Å². The van der Waals surface area contributed by atoms with Crippen LogP contribution >= 0.6 is 0 Å². The van der Waals surface area contributed by atoms with E-state index in [4.69, 9.17) is 5.11 Å². The van der Waals surface area contributed by atoms with E-state index in [1.165, 1.54) is 32.1 Å². The van der Waals surface area contributed by atoms with Crippen LogP contribution < -0.4 is 0 Å². The second kappa shape index (κ2) is 14.0. The minimum absolute atomic E-state index is 0.299. The van der Waals surface area contributed by atoms with Crippen molar-refractivity contribution in [1.29, 1.82) is 0 Å². The lowest BCUT2D eigenvalue weighted by molar-refractivity contribution is -0.137. The first kappa shape index (κ1) is 21.4. The molecule has 0 spiro atoms. The van der Waals surface area contributed by atoms with Crippen molar-refractivity contribution in [2.24, 2.45) is 0 Å². The van der Waals surface area contributed by atoms with E-state index in [0.717, 1.165) is 57.8 Å². The van der Waals surface area contributed by atoms with Crippen molar-refractivity contribution < 1.29 is 15.0 Å².